The largest absolute Gasteiger partial charge is 0.493 e. The number of rotatable bonds is 4. The summed E-state index contributed by atoms with van der Waals surface area (Å²) in [5.74, 6) is -1.35. The highest BCUT2D eigenvalue weighted by molar-refractivity contribution is 6.38. The van der Waals surface area contributed by atoms with Crippen LogP contribution in [0.4, 0.5) is 0 Å². The number of fused-ring (bicyclic) bond motifs is 1. The van der Waals surface area contributed by atoms with Crippen molar-refractivity contribution in [1.82, 2.24) is 10.6 Å². The lowest BCUT2D eigenvalue weighted by molar-refractivity contribution is -0.139. The number of carbonyl (C=O) groups excluding carboxylic acids is 3. The van der Waals surface area contributed by atoms with E-state index in [0.29, 0.717) is 17.9 Å². The summed E-state index contributed by atoms with van der Waals surface area (Å²) < 4.78 is 5.75. The van der Waals surface area contributed by atoms with Crippen LogP contribution in [0, 0.1) is 0 Å². The lowest BCUT2D eigenvalue weighted by Gasteiger charge is -2.17. The molecule has 0 aromatic heterocycles. The number of hydrogen-bond donors (Lipinski definition) is 2. The lowest BCUT2D eigenvalue weighted by Crippen LogP contribution is -2.47. The van der Waals surface area contributed by atoms with Crippen molar-refractivity contribution in [2.45, 2.75) is 38.3 Å². The maximum atomic E-state index is 12.8. The van der Waals surface area contributed by atoms with E-state index in [1.165, 1.54) is 0 Å². The van der Waals surface area contributed by atoms with E-state index in [9.17, 15) is 14.4 Å². The van der Waals surface area contributed by atoms with Gasteiger partial charge in [-0.3, -0.25) is 14.4 Å². The summed E-state index contributed by atoms with van der Waals surface area (Å²) in [6.07, 6.45) is 6.73. The summed E-state index contributed by atoms with van der Waals surface area (Å²) in [5, 5.41) is 5.35. The van der Waals surface area contributed by atoms with Gasteiger partial charge in [0.25, 0.3) is 11.8 Å². The van der Waals surface area contributed by atoms with E-state index in [0.717, 1.165) is 24.8 Å². The molecule has 2 amide bonds. The molecule has 1 aliphatic heterocycles. The Bertz CT molecular complexity index is 908. The Labute approximate surface area is 176 Å². The second kappa shape index (κ2) is 11.0. The highest BCUT2D eigenvalue weighted by atomic mass is 16.5. The Morgan fingerprint density at radius 1 is 1.00 bits per heavy atom. The van der Waals surface area contributed by atoms with Gasteiger partial charge >= 0.3 is 0 Å². The second-order valence-corrected chi connectivity index (χ2v) is 7.11. The first-order valence-electron chi connectivity index (χ1n) is 10.2. The van der Waals surface area contributed by atoms with E-state index < -0.39 is 23.6 Å². The van der Waals surface area contributed by atoms with Gasteiger partial charge in [-0.1, -0.05) is 54.6 Å². The van der Waals surface area contributed by atoms with Gasteiger partial charge in [0, 0.05) is 6.54 Å². The number of Topliss-reactive ketones (excluding diaryl/α,β-unsaturated/α-hetero) is 1. The van der Waals surface area contributed by atoms with Crippen LogP contribution in [0.1, 0.15) is 41.6 Å². The van der Waals surface area contributed by atoms with E-state index in [1.807, 2.05) is 42.5 Å². The minimum atomic E-state index is -0.946. The smallest absolute Gasteiger partial charge is 0.289 e. The first-order chi connectivity index (χ1) is 14.6. The van der Waals surface area contributed by atoms with Crippen LogP contribution in [0.5, 0.6) is 5.75 Å². The number of ether oxygens (including phenoxy) is 1. The number of ketones is 1. The van der Waals surface area contributed by atoms with Crippen LogP contribution in [0.25, 0.3) is 0 Å². The Balaban J connectivity index is 1.73. The Morgan fingerprint density at radius 2 is 1.77 bits per heavy atom. The van der Waals surface area contributed by atoms with E-state index in [2.05, 4.69) is 10.6 Å². The minimum absolute atomic E-state index is 0.249. The van der Waals surface area contributed by atoms with Crippen LogP contribution >= 0.6 is 0 Å². The van der Waals surface area contributed by atoms with Crippen molar-refractivity contribution < 1.29 is 19.1 Å². The summed E-state index contributed by atoms with van der Waals surface area (Å²) >= 11 is 0. The molecule has 2 aromatic rings. The zero-order valence-electron chi connectivity index (χ0n) is 16.8. The fourth-order valence-electron chi connectivity index (χ4n) is 3.17. The van der Waals surface area contributed by atoms with Gasteiger partial charge in [0.05, 0.1) is 12.2 Å². The first kappa shape index (κ1) is 21.3. The molecule has 0 radical (unpaired) electrons. The molecule has 0 spiro atoms. The molecular weight excluding hydrogens is 380 g/mol. The maximum absolute atomic E-state index is 12.8. The van der Waals surface area contributed by atoms with Gasteiger partial charge in [0.2, 0.25) is 5.78 Å². The number of hydrogen-bond acceptors (Lipinski definition) is 4. The lowest BCUT2D eigenvalue weighted by atomic mass is 10.1. The van der Waals surface area contributed by atoms with Crippen LogP contribution in [0.3, 0.4) is 0 Å². The van der Waals surface area contributed by atoms with Crippen LogP contribution in [-0.4, -0.2) is 30.2 Å². The van der Waals surface area contributed by atoms with Crippen LogP contribution in [0.2, 0.25) is 0 Å². The molecule has 6 heteroatoms. The van der Waals surface area contributed by atoms with E-state index in [-0.39, 0.29) is 13.0 Å². The molecule has 0 fully saturated rings. The molecule has 6 nitrogen and oxygen atoms in total. The molecule has 1 aliphatic rings. The predicted octanol–water partition coefficient (Wildman–Crippen LogP) is 3.18. The van der Waals surface area contributed by atoms with Crippen molar-refractivity contribution in [2.75, 3.05) is 6.61 Å². The molecule has 156 valence electrons. The molecule has 2 aromatic carbocycles. The van der Waals surface area contributed by atoms with Crippen LogP contribution in [-0.2, 0) is 16.1 Å². The fourth-order valence-corrected chi connectivity index (χ4v) is 3.17. The molecule has 2 N–H and O–H groups in total. The molecular formula is C24H26N2O4. The summed E-state index contributed by atoms with van der Waals surface area (Å²) in [5.41, 5.74) is 1.24. The molecule has 0 saturated heterocycles. The number of amides is 2. The monoisotopic (exact) mass is 406 g/mol. The fraction of sp³-hybridized carbons (Fsp3) is 0.292. The van der Waals surface area contributed by atoms with Gasteiger partial charge in [-0.25, -0.2) is 0 Å². The SMILES string of the molecule is O=C(NCc1ccccc1)C(=O)C1C/C=C\CCCCOc2ccccc2C(=O)N1. The third-order valence-electron chi connectivity index (χ3n) is 4.83. The Hall–Kier alpha value is -3.41. The number of nitrogens with one attached hydrogen (secondary N) is 2. The highest BCUT2D eigenvalue weighted by Gasteiger charge is 2.27. The maximum Gasteiger partial charge on any atom is 0.289 e. The average molecular weight is 406 g/mol. The zero-order chi connectivity index (χ0) is 21.2. The van der Waals surface area contributed by atoms with E-state index in [1.54, 1.807) is 24.3 Å². The van der Waals surface area contributed by atoms with Crippen molar-refractivity contribution >= 4 is 17.6 Å². The van der Waals surface area contributed by atoms with Crippen LogP contribution < -0.4 is 15.4 Å². The van der Waals surface area contributed by atoms with E-state index >= 15 is 0 Å². The molecule has 3 rings (SSSR count). The number of benzene rings is 2. The molecule has 0 aliphatic carbocycles. The third-order valence-corrected chi connectivity index (χ3v) is 4.83. The van der Waals surface area contributed by atoms with Gasteiger partial charge < -0.3 is 15.4 Å². The summed E-state index contributed by atoms with van der Waals surface area (Å²) in [4.78, 5) is 38.0. The third kappa shape index (κ3) is 6.04. The first-order valence-corrected chi connectivity index (χ1v) is 10.2. The van der Waals surface area contributed by atoms with Crippen molar-refractivity contribution in [3.8, 4) is 5.75 Å². The predicted molar refractivity (Wildman–Crippen MR) is 114 cm³/mol. The Kier molecular flexibility index (Phi) is 7.78. The van der Waals surface area contributed by atoms with Crippen LogP contribution in [0.15, 0.2) is 66.7 Å². The van der Waals surface area contributed by atoms with Crippen molar-refractivity contribution in [3.05, 3.63) is 77.9 Å². The molecule has 0 bridgehead atoms. The standard InChI is InChI=1S/C24H26N2O4/c27-22(24(29)25-17-18-11-5-4-6-12-18)20-14-7-2-1-3-10-16-30-21-15-9-8-13-19(21)23(28)26-20/h2,4-9,11-13,15,20H,1,3,10,14,16-17H2,(H,25,29)(H,26,28)/b7-2-. The minimum Gasteiger partial charge on any atom is -0.493 e. The van der Waals surface area contributed by atoms with Gasteiger partial charge in [0.1, 0.15) is 11.8 Å². The van der Waals surface area contributed by atoms with Gasteiger partial charge in [0.15, 0.2) is 0 Å². The average Bonchev–Trinajstić information content (AvgIpc) is 2.79. The number of para-hydroxylation sites is 1. The Morgan fingerprint density at radius 3 is 2.60 bits per heavy atom. The quantitative estimate of drug-likeness (QED) is 0.603. The zero-order valence-corrected chi connectivity index (χ0v) is 16.8. The number of carbonyl (C=O) groups is 3. The molecule has 1 unspecified atom stereocenters. The van der Waals surface area contributed by atoms with Gasteiger partial charge in [-0.15, -0.1) is 0 Å². The highest BCUT2D eigenvalue weighted by Crippen LogP contribution is 2.19. The molecule has 1 heterocycles. The van der Waals surface area contributed by atoms with Crippen molar-refractivity contribution in [2.24, 2.45) is 0 Å². The summed E-state index contributed by atoms with van der Waals surface area (Å²) in [6, 6.07) is 15.3. The molecule has 30 heavy (non-hydrogen) atoms. The normalized spacial score (nSPS) is 18.3. The van der Waals surface area contributed by atoms with E-state index in [4.69, 9.17) is 4.74 Å². The molecule has 1 atom stereocenters. The summed E-state index contributed by atoms with van der Waals surface area (Å²) in [6.45, 7) is 0.765. The summed E-state index contributed by atoms with van der Waals surface area (Å²) in [7, 11) is 0. The topological polar surface area (TPSA) is 84.5 Å². The molecule has 0 saturated carbocycles. The van der Waals surface area contributed by atoms with Gasteiger partial charge in [-0.05, 0) is 43.4 Å². The van der Waals surface area contributed by atoms with Gasteiger partial charge in [-0.2, -0.15) is 0 Å². The van der Waals surface area contributed by atoms with Crippen molar-refractivity contribution in [3.63, 3.8) is 0 Å². The van der Waals surface area contributed by atoms with Crippen molar-refractivity contribution in [1.29, 1.82) is 0 Å². The number of allylic oxidation sites excluding steroid dienone is 1. The second-order valence-electron chi connectivity index (χ2n) is 7.11.